The number of aromatic nitrogens is 3. The van der Waals surface area contributed by atoms with Crippen molar-refractivity contribution < 1.29 is 27.2 Å². The Kier molecular flexibility index (Phi) is 6.67. The van der Waals surface area contributed by atoms with Crippen LogP contribution in [0, 0.1) is 13.8 Å². The second kappa shape index (κ2) is 9.37. The lowest BCUT2D eigenvalue weighted by molar-refractivity contribution is -0.133. The van der Waals surface area contributed by atoms with Gasteiger partial charge in [0.2, 0.25) is 15.9 Å². The van der Waals surface area contributed by atoms with Crippen LogP contribution >= 0.6 is 0 Å². The summed E-state index contributed by atoms with van der Waals surface area (Å²) in [7, 11) is -2.87. The molecule has 0 aliphatic carbocycles. The van der Waals surface area contributed by atoms with Crippen LogP contribution in [-0.4, -0.2) is 77.1 Å². The van der Waals surface area contributed by atoms with Crippen molar-refractivity contribution in [3.8, 4) is 0 Å². The molecule has 1 amide bonds. The van der Waals surface area contributed by atoms with Gasteiger partial charge in [0.15, 0.2) is 0 Å². The number of aryl methyl sites for hydroxylation is 3. The van der Waals surface area contributed by atoms with Crippen LogP contribution in [0.5, 0.6) is 0 Å². The van der Waals surface area contributed by atoms with E-state index >= 15 is 0 Å². The Bertz CT molecular complexity index is 1270. The van der Waals surface area contributed by atoms with Gasteiger partial charge in [-0.1, -0.05) is 6.42 Å². The van der Waals surface area contributed by atoms with E-state index in [-0.39, 0.29) is 66.3 Å². The van der Waals surface area contributed by atoms with Crippen molar-refractivity contribution in [3.05, 3.63) is 33.4 Å². The Hall–Kier alpha value is -2.93. The van der Waals surface area contributed by atoms with E-state index in [4.69, 9.17) is 9.15 Å². The molecule has 0 atom stereocenters. The molecule has 0 bridgehead atoms. The number of furan rings is 1. The molecule has 2 aliphatic heterocycles. The second-order valence-corrected chi connectivity index (χ2v) is 10.4. The minimum absolute atomic E-state index is 0.0486. The lowest BCUT2D eigenvalue weighted by Crippen LogP contribution is -2.51. The van der Waals surface area contributed by atoms with Gasteiger partial charge in [0.25, 0.3) is 0 Å². The van der Waals surface area contributed by atoms with Crippen LogP contribution in [0.3, 0.4) is 0 Å². The zero-order valence-electron chi connectivity index (χ0n) is 19.6. The molecule has 34 heavy (non-hydrogen) atoms. The standard InChI is InChI=1S/C21H29N5O7S/c1-14-18(20(28)32-3)19(15(2)33-14)34(30,31)24-11-9-23(10-12-24)17(27)13-26-21(29)25-8-6-4-5-7-16(25)22-26/h4-13H2,1-3H3. The maximum atomic E-state index is 13.3. The van der Waals surface area contributed by atoms with Crippen LogP contribution in [-0.2, 0) is 39.1 Å². The lowest BCUT2D eigenvalue weighted by Gasteiger charge is -2.34. The Labute approximate surface area is 197 Å². The largest absolute Gasteiger partial charge is 0.465 e. The monoisotopic (exact) mass is 495 g/mol. The molecule has 1 fully saturated rings. The summed E-state index contributed by atoms with van der Waals surface area (Å²) in [6.07, 6.45) is 3.64. The molecule has 4 rings (SSSR count). The minimum Gasteiger partial charge on any atom is -0.465 e. The Morgan fingerprint density at radius 1 is 1.03 bits per heavy atom. The van der Waals surface area contributed by atoms with E-state index in [9.17, 15) is 22.8 Å². The molecule has 186 valence electrons. The van der Waals surface area contributed by atoms with Crippen LogP contribution in [0.25, 0.3) is 0 Å². The molecule has 0 saturated carbocycles. The summed E-state index contributed by atoms with van der Waals surface area (Å²) in [5.74, 6) is -0.0991. The quantitative estimate of drug-likeness (QED) is 0.540. The Balaban J connectivity index is 1.45. The summed E-state index contributed by atoms with van der Waals surface area (Å²) in [6.45, 7) is 3.83. The van der Waals surface area contributed by atoms with Crippen molar-refractivity contribution in [1.82, 2.24) is 23.6 Å². The van der Waals surface area contributed by atoms with Gasteiger partial charge in [0, 0.05) is 39.1 Å². The van der Waals surface area contributed by atoms with Gasteiger partial charge in [0.1, 0.15) is 34.3 Å². The van der Waals surface area contributed by atoms with E-state index in [0.29, 0.717) is 18.8 Å². The smallest absolute Gasteiger partial charge is 0.346 e. The highest BCUT2D eigenvalue weighted by Gasteiger charge is 2.37. The van der Waals surface area contributed by atoms with E-state index in [1.807, 2.05) is 0 Å². The van der Waals surface area contributed by atoms with Crippen LogP contribution in [0.15, 0.2) is 14.1 Å². The average molecular weight is 496 g/mol. The first-order valence-electron chi connectivity index (χ1n) is 11.3. The molecule has 4 heterocycles. The van der Waals surface area contributed by atoms with Gasteiger partial charge in [-0.25, -0.2) is 22.7 Å². The fraction of sp³-hybridized carbons (Fsp3) is 0.619. The zero-order chi connectivity index (χ0) is 24.6. The maximum Gasteiger partial charge on any atom is 0.346 e. The minimum atomic E-state index is -4.05. The topological polar surface area (TPSA) is 137 Å². The van der Waals surface area contributed by atoms with E-state index in [0.717, 1.165) is 19.3 Å². The van der Waals surface area contributed by atoms with Gasteiger partial charge in [-0.2, -0.15) is 9.40 Å². The van der Waals surface area contributed by atoms with Gasteiger partial charge in [0.05, 0.1) is 7.11 Å². The van der Waals surface area contributed by atoms with E-state index < -0.39 is 16.0 Å². The van der Waals surface area contributed by atoms with E-state index in [1.165, 1.54) is 34.8 Å². The third-order valence-corrected chi connectivity index (χ3v) is 8.40. The first kappa shape index (κ1) is 24.2. The molecule has 0 unspecified atom stereocenters. The molecular formula is C21H29N5O7S. The van der Waals surface area contributed by atoms with Crippen LogP contribution in [0.1, 0.15) is 47.0 Å². The van der Waals surface area contributed by atoms with Crippen molar-refractivity contribution in [3.63, 3.8) is 0 Å². The zero-order valence-corrected chi connectivity index (χ0v) is 20.4. The summed E-state index contributed by atoms with van der Waals surface area (Å²) in [6, 6.07) is 0. The predicted molar refractivity (Wildman–Crippen MR) is 119 cm³/mol. The van der Waals surface area contributed by atoms with E-state index in [2.05, 4.69) is 5.10 Å². The van der Waals surface area contributed by atoms with Crippen molar-refractivity contribution in [2.45, 2.75) is 57.5 Å². The number of carbonyl (C=O) groups is 2. The SMILES string of the molecule is COC(=O)c1c(C)oc(C)c1S(=O)(=O)N1CCN(C(=O)Cn2nc3n(c2=O)CCCCC3)CC1. The van der Waals surface area contributed by atoms with Gasteiger partial charge in [-0.3, -0.25) is 9.36 Å². The molecule has 12 nitrogen and oxygen atoms in total. The third kappa shape index (κ3) is 4.29. The fourth-order valence-electron chi connectivity index (χ4n) is 4.58. The summed E-state index contributed by atoms with van der Waals surface area (Å²) in [5.41, 5.74) is -0.398. The van der Waals surface area contributed by atoms with Crippen molar-refractivity contribution in [2.24, 2.45) is 0 Å². The highest BCUT2D eigenvalue weighted by molar-refractivity contribution is 7.89. The number of nitrogens with zero attached hydrogens (tertiary/aromatic N) is 5. The third-order valence-electron chi connectivity index (χ3n) is 6.35. The number of ether oxygens (including phenoxy) is 1. The first-order chi connectivity index (χ1) is 16.1. The van der Waals surface area contributed by atoms with Crippen LogP contribution in [0.2, 0.25) is 0 Å². The molecule has 0 radical (unpaired) electrons. The number of esters is 1. The normalized spacial score (nSPS) is 17.3. The Morgan fingerprint density at radius 2 is 1.74 bits per heavy atom. The Morgan fingerprint density at radius 3 is 2.41 bits per heavy atom. The van der Waals surface area contributed by atoms with Crippen LogP contribution < -0.4 is 5.69 Å². The molecule has 13 heteroatoms. The number of methoxy groups -OCH3 is 1. The number of hydrogen-bond acceptors (Lipinski definition) is 8. The number of piperazine rings is 1. The number of hydrogen-bond donors (Lipinski definition) is 0. The molecule has 0 aromatic carbocycles. The highest BCUT2D eigenvalue weighted by atomic mass is 32.2. The van der Waals surface area contributed by atoms with Crippen molar-refractivity contribution >= 4 is 21.9 Å². The van der Waals surface area contributed by atoms with Gasteiger partial charge in [-0.05, 0) is 26.7 Å². The van der Waals surface area contributed by atoms with Crippen molar-refractivity contribution in [2.75, 3.05) is 33.3 Å². The predicted octanol–water partition coefficient (Wildman–Crippen LogP) is 0.301. The summed E-state index contributed by atoms with van der Waals surface area (Å²) < 4.78 is 40.8. The maximum absolute atomic E-state index is 13.3. The fourth-order valence-corrected chi connectivity index (χ4v) is 6.37. The molecular weight excluding hydrogens is 466 g/mol. The molecule has 1 saturated heterocycles. The summed E-state index contributed by atoms with van der Waals surface area (Å²) >= 11 is 0. The number of rotatable bonds is 5. The lowest BCUT2D eigenvalue weighted by atomic mass is 10.2. The van der Waals surface area contributed by atoms with Gasteiger partial charge < -0.3 is 14.1 Å². The number of amides is 1. The number of sulfonamides is 1. The molecule has 2 aliphatic rings. The van der Waals surface area contributed by atoms with E-state index in [1.54, 1.807) is 4.57 Å². The average Bonchev–Trinajstić information content (AvgIpc) is 3.16. The number of fused-ring (bicyclic) bond motifs is 1. The molecule has 2 aromatic rings. The van der Waals surface area contributed by atoms with Crippen LogP contribution in [0.4, 0.5) is 0 Å². The highest BCUT2D eigenvalue weighted by Crippen LogP contribution is 2.30. The molecule has 0 N–H and O–H groups in total. The van der Waals surface area contributed by atoms with Crippen molar-refractivity contribution in [1.29, 1.82) is 0 Å². The number of carbonyl (C=O) groups excluding carboxylic acids is 2. The van der Waals surface area contributed by atoms with Gasteiger partial charge >= 0.3 is 11.7 Å². The van der Waals surface area contributed by atoms with Gasteiger partial charge in [-0.15, -0.1) is 0 Å². The summed E-state index contributed by atoms with van der Waals surface area (Å²) in [5, 5.41) is 4.34. The first-order valence-corrected chi connectivity index (χ1v) is 12.7. The molecule has 2 aromatic heterocycles. The summed E-state index contributed by atoms with van der Waals surface area (Å²) in [4.78, 5) is 39.0. The second-order valence-electron chi connectivity index (χ2n) is 8.51. The molecule has 0 spiro atoms.